The molecule has 3 nitrogen and oxygen atoms in total. The van der Waals surface area contributed by atoms with Gasteiger partial charge in [-0.15, -0.1) is 5.10 Å². The Morgan fingerprint density at radius 1 is 1.15 bits per heavy atom. The summed E-state index contributed by atoms with van der Waals surface area (Å²) >= 11 is 0. The lowest BCUT2D eigenvalue weighted by atomic mass is 10.0. The van der Waals surface area contributed by atoms with E-state index < -0.39 is 0 Å². The Hall–Kier alpha value is -1.38. The fourth-order valence-electron chi connectivity index (χ4n) is 1.58. The van der Waals surface area contributed by atoms with Crippen LogP contribution in [0, 0.1) is 20.8 Å². The zero-order valence-corrected chi connectivity index (χ0v) is 8.42. The summed E-state index contributed by atoms with van der Waals surface area (Å²) in [7, 11) is 1.92. The predicted molar refractivity (Wildman–Crippen MR) is 52.7 cm³/mol. The van der Waals surface area contributed by atoms with E-state index in [2.05, 4.69) is 37.1 Å². The van der Waals surface area contributed by atoms with Crippen molar-refractivity contribution in [2.45, 2.75) is 20.8 Å². The van der Waals surface area contributed by atoms with Crippen molar-refractivity contribution < 1.29 is 0 Å². The largest absolute Gasteiger partial charge is 0.248 e. The first-order chi connectivity index (χ1) is 6.11. The summed E-state index contributed by atoms with van der Waals surface area (Å²) in [6.45, 7) is 6.34. The van der Waals surface area contributed by atoms with Gasteiger partial charge >= 0.3 is 0 Å². The van der Waals surface area contributed by atoms with Crippen molar-refractivity contribution in [2.24, 2.45) is 7.05 Å². The number of fused-ring (bicyclic) bond motifs is 1. The first kappa shape index (κ1) is 8.23. The zero-order valence-electron chi connectivity index (χ0n) is 8.42. The first-order valence-electron chi connectivity index (χ1n) is 4.37. The molecule has 3 heteroatoms. The van der Waals surface area contributed by atoms with E-state index in [0.29, 0.717) is 0 Å². The standard InChI is InChI=1S/C10H13N3/c1-6-5-9-10(8(3)7(6)2)11-12-13(9)4/h5H,1-4H3. The number of benzene rings is 1. The minimum absolute atomic E-state index is 1.02. The summed E-state index contributed by atoms with van der Waals surface area (Å²) in [5.74, 6) is 0. The minimum Gasteiger partial charge on any atom is -0.248 e. The van der Waals surface area contributed by atoms with Crippen LogP contribution in [0.1, 0.15) is 16.7 Å². The third-order valence-electron chi connectivity index (χ3n) is 2.73. The molecule has 0 aliphatic carbocycles. The predicted octanol–water partition coefficient (Wildman–Crippen LogP) is 1.89. The second-order valence-corrected chi connectivity index (χ2v) is 3.52. The fraction of sp³-hybridized carbons (Fsp3) is 0.400. The van der Waals surface area contributed by atoms with E-state index in [-0.39, 0.29) is 0 Å². The molecule has 0 aliphatic heterocycles. The van der Waals surface area contributed by atoms with Crippen molar-refractivity contribution in [3.8, 4) is 0 Å². The van der Waals surface area contributed by atoms with Gasteiger partial charge in [-0.2, -0.15) is 0 Å². The van der Waals surface area contributed by atoms with Crippen molar-refractivity contribution >= 4 is 11.0 Å². The molecule has 0 spiro atoms. The Kier molecular flexibility index (Phi) is 1.62. The third kappa shape index (κ3) is 1.03. The van der Waals surface area contributed by atoms with E-state index in [9.17, 15) is 0 Å². The molecule has 0 atom stereocenters. The van der Waals surface area contributed by atoms with Crippen molar-refractivity contribution in [3.63, 3.8) is 0 Å². The lowest BCUT2D eigenvalue weighted by Gasteiger charge is -2.04. The van der Waals surface area contributed by atoms with Crippen LogP contribution in [0.25, 0.3) is 11.0 Å². The second-order valence-electron chi connectivity index (χ2n) is 3.52. The van der Waals surface area contributed by atoms with E-state index in [1.165, 1.54) is 16.7 Å². The molecular weight excluding hydrogens is 162 g/mol. The molecule has 0 unspecified atom stereocenters. The quantitative estimate of drug-likeness (QED) is 0.612. The number of aryl methyl sites for hydroxylation is 3. The SMILES string of the molecule is Cc1cc2c(nnn2C)c(C)c1C. The molecule has 0 amide bonds. The van der Waals surface area contributed by atoms with Gasteiger partial charge in [0.05, 0.1) is 5.52 Å². The summed E-state index contributed by atoms with van der Waals surface area (Å²) < 4.78 is 1.81. The van der Waals surface area contributed by atoms with Crippen LogP contribution in [0.4, 0.5) is 0 Å². The molecule has 0 saturated heterocycles. The molecule has 0 aliphatic rings. The molecule has 0 N–H and O–H groups in total. The molecule has 0 bridgehead atoms. The number of rotatable bonds is 0. The molecule has 1 aromatic carbocycles. The topological polar surface area (TPSA) is 30.7 Å². The molecular formula is C10H13N3. The highest BCUT2D eigenvalue weighted by molar-refractivity contribution is 5.80. The van der Waals surface area contributed by atoms with Gasteiger partial charge in [0.15, 0.2) is 0 Å². The van der Waals surface area contributed by atoms with E-state index in [1.807, 2.05) is 11.7 Å². The Morgan fingerprint density at radius 3 is 2.54 bits per heavy atom. The molecule has 0 saturated carbocycles. The van der Waals surface area contributed by atoms with Crippen LogP contribution in [0.3, 0.4) is 0 Å². The molecule has 2 aromatic rings. The minimum atomic E-state index is 1.02. The molecule has 13 heavy (non-hydrogen) atoms. The highest BCUT2D eigenvalue weighted by atomic mass is 15.4. The highest BCUT2D eigenvalue weighted by Gasteiger charge is 2.08. The van der Waals surface area contributed by atoms with Crippen LogP contribution in [0.5, 0.6) is 0 Å². The van der Waals surface area contributed by atoms with Crippen LogP contribution < -0.4 is 0 Å². The van der Waals surface area contributed by atoms with E-state index in [1.54, 1.807) is 0 Å². The van der Waals surface area contributed by atoms with Crippen LogP contribution in [0.15, 0.2) is 6.07 Å². The average molecular weight is 175 g/mol. The van der Waals surface area contributed by atoms with Gasteiger partial charge in [0.25, 0.3) is 0 Å². The van der Waals surface area contributed by atoms with Gasteiger partial charge in [0.1, 0.15) is 5.52 Å². The van der Waals surface area contributed by atoms with E-state index in [4.69, 9.17) is 0 Å². The Morgan fingerprint density at radius 2 is 1.85 bits per heavy atom. The Balaban J connectivity index is 2.96. The maximum atomic E-state index is 4.13. The van der Waals surface area contributed by atoms with Crippen LogP contribution in [-0.2, 0) is 7.05 Å². The molecule has 68 valence electrons. The number of hydrogen-bond donors (Lipinski definition) is 0. The summed E-state index contributed by atoms with van der Waals surface area (Å²) in [6.07, 6.45) is 0. The maximum absolute atomic E-state index is 4.13. The Labute approximate surface area is 77.4 Å². The second kappa shape index (κ2) is 2.55. The maximum Gasteiger partial charge on any atom is 0.116 e. The molecule has 2 rings (SSSR count). The van der Waals surface area contributed by atoms with E-state index >= 15 is 0 Å². The van der Waals surface area contributed by atoms with Gasteiger partial charge in [0, 0.05) is 7.05 Å². The van der Waals surface area contributed by atoms with Gasteiger partial charge in [-0.05, 0) is 43.5 Å². The van der Waals surface area contributed by atoms with Gasteiger partial charge in [0.2, 0.25) is 0 Å². The fourth-order valence-corrected chi connectivity index (χ4v) is 1.58. The number of aromatic nitrogens is 3. The molecule has 0 radical (unpaired) electrons. The molecule has 1 heterocycles. The average Bonchev–Trinajstić information content (AvgIpc) is 2.45. The van der Waals surface area contributed by atoms with Gasteiger partial charge < -0.3 is 0 Å². The van der Waals surface area contributed by atoms with Crippen LogP contribution >= 0.6 is 0 Å². The number of nitrogens with zero attached hydrogens (tertiary/aromatic N) is 3. The molecule has 0 fully saturated rings. The van der Waals surface area contributed by atoms with Gasteiger partial charge in [-0.1, -0.05) is 5.21 Å². The normalized spacial score (nSPS) is 11.1. The Bertz CT molecular complexity index is 468. The summed E-state index contributed by atoms with van der Waals surface area (Å²) in [4.78, 5) is 0. The van der Waals surface area contributed by atoms with Crippen molar-refractivity contribution in [1.29, 1.82) is 0 Å². The zero-order chi connectivity index (χ0) is 9.59. The third-order valence-corrected chi connectivity index (χ3v) is 2.73. The van der Waals surface area contributed by atoms with Crippen molar-refractivity contribution in [3.05, 3.63) is 22.8 Å². The van der Waals surface area contributed by atoms with Gasteiger partial charge in [-0.3, -0.25) is 0 Å². The lowest BCUT2D eigenvalue weighted by Crippen LogP contribution is -1.92. The van der Waals surface area contributed by atoms with E-state index in [0.717, 1.165) is 11.0 Å². The summed E-state index contributed by atoms with van der Waals surface area (Å²) in [6, 6.07) is 2.14. The van der Waals surface area contributed by atoms with Crippen LogP contribution in [0.2, 0.25) is 0 Å². The van der Waals surface area contributed by atoms with Gasteiger partial charge in [-0.25, -0.2) is 4.68 Å². The van der Waals surface area contributed by atoms with Crippen molar-refractivity contribution in [1.82, 2.24) is 15.0 Å². The van der Waals surface area contributed by atoms with Crippen molar-refractivity contribution in [2.75, 3.05) is 0 Å². The summed E-state index contributed by atoms with van der Waals surface area (Å²) in [5, 5.41) is 8.14. The number of hydrogen-bond acceptors (Lipinski definition) is 2. The van der Waals surface area contributed by atoms with Crippen LogP contribution in [-0.4, -0.2) is 15.0 Å². The molecule has 1 aromatic heterocycles. The highest BCUT2D eigenvalue weighted by Crippen LogP contribution is 2.21. The first-order valence-corrected chi connectivity index (χ1v) is 4.37. The monoisotopic (exact) mass is 175 g/mol. The smallest absolute Gasteiger partial charge is 0.116 e. The summed E-state index contributed by atoms with van der Waals surface area (Å²) in [5.41, 5.74) is 5.98. The lowest BCUT2D eigenvalue weighted by molar-refractivity contribution is 0.736.